The van der Waals surface area contributed by atoms with Gasteiger partial charge in [0.05, 0.1) is 6.61 Å². The molecule has 1 aromatic rings. The van der Waals surface area contributed by atoms with Gasteiger partial charge in [-0.2, -0.15) is 0 Å². The Bertz CT molecular complexity index is 563. The van der Waals surface area contributed by atoms with Crippen LogP contribution in [0.25, 0.3) is 0 Å². The van der Waals surface area contributed by atoms with E-state index >= 15 is 0 Å². The fourth-order valence-electron chi connectivity index (χ4n) is 2.16. The minimum absolute atomic E-state index is 0.546. The Morgan fingerprint density at radius 2 is 2.16 bits per heavy atom. The van der Waals surface area contributed by atoms with Gasteiger partial charge in [0.25, 0.3) is 5.56 Å². The fraction of sp³-hybridized carbons (Fsp3) is 0.636. The van der Waals surface area contributed by atoms with Crippen molar-refractivity contribution in [3.05, 3.63) is 33.1 Å². The van der Waals surface area contributed by atoms with E-state index in [-0.39, 0.29) is 0 Å². The molecular weight excluding hydrogens is 259 g/mol. The number of nitrogens with one attached hydrogen (secondary N) is 1. The van der Waals surface area contributed by atoms with Gasteiger partial charge in [-0.15, -0.1) is 0 Å². The van der Waals surface area contributed by atoms with Crippen LogP contribution >= 0.6 is 0 Å². The molecule has 106 valence electrons. The first kappa shape index (κ1) is 13.9. The number of aliphatic hydroxyl groups excluding tert-OH is 1. The van der Waals surface area contributed by atoms with E-state index in [1.165, 1.54) is 0 Å². The van der Waals surface area contributed by atoms with Crippen molar-refractivity contribution in [3.63, 3.8) is 0 Å². The summed E-state index contributed by atoms with van der Waals surface area (Å²) in [6.07, 6.45) is -1.72. The molecule has 4 atom stereocenters. The zero-order valence-corrected chi connectivity index (χ0v) is 10.5. The molecule has 1 aliphatic rings. The van der Waals surface area contributed by atoms with Crippen molar-refractivity contribution in [2.24, 2.45) is 0 Å². The van der Waals surface area contributed by atoms with Gasteiger partial charge in [-0.25, -0.2) is 13.8 Å². The molecule has 0 radical (unpaired) electrons. The summed E-state index contributed by atoms with van der Waals surface area (Å²) in [7, 11) is 0. The maximum atomic E-state index is 14.7. The van der Waals surface area contributed by atoms with E-state index < -0.39 is 41.5 Å². The van der Waals surface area contributed by atoms with Crippen LogP contribution in [0.3, 0.4) is 0 Å². The molecular formula is C11H15FN2O5. The van der Waals surface area contributed by atoms with Crippen molar-refractivity contribution < 1.29 is 19.3 Å². The van der Waals surface area contributed by atoms with Gasteiger partial charge in [-0.3, -0.25) is 4.79 Å². The second-order valence-electron chi connectivity index (χ2n) is 4.87. The number of rotatable bonds is 2. The van der Waals surface area contributed by atoms with E-state index in [0.717, 1.165) is 26.1 Å². The summed E-state index contributed by atoms with van der Waals surface area (Å²) in [5, 5.41) is 19.2. The van der Waals surface area contributed by atoms with Crippen LogP contribution in [0.1, 0.15) is 20.1 Å². The Morgan fingerprint density at radius 1 is 1.53 bits per heavy atom. The highest BCUT2D eigenvalue weighted by Gasteiger charge is 2.63. The summed E-state index contributed by atoms with van der Waals surface area (Å²) in [6.45, 7) is 1.53. The number of aliphatic hydroxyl groups is 2. The van der Waals surface area contributed by atoms with Gasteiger partial charge in [-0.1, -0.05) is 0 Å². The molecule has 0 unspecified atom stereocenters. The monoisotopic (exact) mass is 274 g/mol. The minimum atomic E-state index is -2.42. The molecule has 0 aliphatic carbocycles. The fourth-order valence-corrected chi connectivity index (χ4v) is 2.16. The molecule has 0 aromatic carbocycles. The van der Waals surface area contributed by atoms with Gasteiger partial charge < -0.3 is 19.9 Å². The quantitative estimate of drug-likeness (QED) is 0.635. The Kier molecular flexibility index (Phi) is 3.12. The molecule has 1 aliphatic heterocycles. The molecule has 2 heterocycles. The van der Waals surface area contributed by atoms with Gasteiger partial charge in [0, 0.05) is 12.3 Å². The summed E-state index contributed by atoms with van der Waals surface area (Å²) < 4.78 is 20.4. The predicted octanol–water partition coefficient (Wildman–Crippen LogP) is -1.09. The smallest absolute Gasteiger partial charge is 0.330 e. The van der Waals surface area contributed by atoms with Gasteiger partial charge in [0.1, 0.15) is 11.7 Å². The second-order valence-corrected chi connectivity index (χ2v) is 4.87. The Balaban J connectivity index is 2.59. The average molecular weight is 274 g/mol. The van der Waals surface area contributed by atoms with Crippen molar-refractivity contribution in [1.82, 2.24) is 9.55 Å². The summed E-state index contributed by atoms with van der Waals surface area (Å²) in [5.74, 6) is 0. The summed E-state index contributed by atoms with van der Waals surface area (Å²) in [6, 6.07) is 1.04. The summed E-state index contributed by atoms with van der Waals surface area (Å²) in [4.78, 5) is 25.5. The first-order chi connectivity index (χ1) is 8.73. The van der Waals surface area contributed by atoms with E-state index in [1.54, 1.807) is 0 Å². The van der Waals surface area contributed by atoms with Crippen molar-refractivity contribution in [2.75, 3.05) is 6.61 Å². The molecule has 1 fully saturated rings. The highest BCUT2D eigenvalue weighted by Crippen LogP contribution is 2.46. The lowest BCUT2D eigenvalue weighted by atomic mass is 9.85. The van der Waals surface area contributed by atoms with Gasteiger partial charge >= 0.3 is 5.69 Å². The maximum absolute atomic E-state index is 14.7. The standard InChI is InChI=1S/C11H15FN2O5/c1-10(12)8(19-6(5-15)11(10,2)18)14-7(16)3-4-13-9(14)17/h3-4,6,8,15,18H,5H2,1-2H3,(H,13,17)/t6-,8+,10-,11+/m0/s1. The van der Waals surface area contributed by atoms with Gasteiger partial charge in [0.15, 0.2) is 11.9 Å². The normalized spacial score (nSPS) is 38.6. The van der Waals surface area contributed by atoms with Crippen molar-refractivity contribution >= 4 is 0 Å². The summed E-state index contributed by atoms with van der Waals surface area (Å²) >= 11 is 0. The number of alkyl halides is 1. The molecule has 7 nitrogen and oxygen atoms in total. The zero-order valence-electron chi connectivity index (χ0n) is 10.5. The number of H-pyrrole nitrogens is 1. The number of nitrogens with zero attached hydrogens (tertiary/aromatic N) is 1. The number of aromatic amines is 1. The van der Waals surface area contributed by atoms with Gasteiger partial charge in [0.2, 0.25) is 0 Å². The van der Waals surface area contributed by atoms with E-state index in [4.69, 9.17) is 9.84 Å². The molecule has 1 saturated heterocycles. The first-order valence-corrected chi connectivity index (χ1v) is 5.71. The van der Waals surface area contributed by atoms with Crippen molar-refractivity contribution in [2.45, 2.75) is 37.4 Å². The van der Waals surface area contributed by atoms with Crippen LogP contribution in [0.15, 0.2) is 21.9 Å². The molecule has 0 saturated carbocycles. The van der Waals surface area contributed by atoms with Crippen LogP contribution in [0.2, 0.25) is 0 Å². The van der Waals surface area contributed by atoms with E-state index in [0.29, 0.717) is 4.57 Å². The lowest BCUT2D eigenvalue weighted by Gasteiger charge is -2.32. The molecule has 3 N–H and O–H groups in total. The molecule has 0 spiro atoms. The lowest BCUT2D eigenvalue weighted by Crippen LogP contribution is -2.53. The highest BCUT2D eigenvalue weighted by atomic mass is 19.1. The zero-order chi connectivity index (χ0) is 14.4. The van der Waals surface area contributed by atoms with E-state index in [2.05, 4.69) is 4.98 Å². The lowest BCUT2D eigenvalue weighted by molar-refractivity contribution is -0.0892. The third kappa shape index (κ3) is 1.83. The van der Waals surface area contributed by atoms with Crippen LogP contribution in [-0.2, 0) is 4.74 Å². The number of aromatic nitrogens is 2. The molecule has 0 bridgehead atoms. The Morgan fingerprint density at radius 3 is 2.63 bits per heavy atom. The first-order valence-electron chi connectivity index (χ1n) is 5.71. The predicted molar refractivity (Wildman–Crippen MR) is 62.5 cm³/mol. The minimum Gasteiger partial charge on any atom is -0.394 e. The van der Waals surface area contributed by atoms with Crippen LogP contribution < -0.4 is 11.2 Å². The number of ether oxygens (including phenoxy) is 1. The second kappa shape index (κ2) is 4.26. The third-order valence-corrected chi connectivity index (χ3v) is 3.66. The Hall–Kier alpha value is -1.51. The molecule has 8 heteroatoms. The van der Waals surface area contributed by atoms with E-state index in [9.17, 15) is 19.1 Å². The van der Waals surface area contributed by atoms with Crippen molar-refractivity contribution in [3.8, 4) is 0 Å². The number of hydrogen-bond acceptors (Lipinski definition) is 5. The topological polar surface area (TPSA) is 105 Å². The number of hydrogen-bond donors (Lipinski definition) is 3. The number of halogens is 1. The summed E-state index contributed by atoms with van der Waals surface area (Å²) in [5.41, 5.74) is -6.06. The molecule has 19 heavy (non-hydrogen) atoms. The largest absolute Gasteiger partial charge is 0.394 e. The molecule has 0 amide bonds. The van der Waals surface area contributed by atoms with Crippen LogP contribution in [0.5, 0.6) is 0 Å². The van der Waals surface area contributed by atoms with E-state index in [1.807, 2.05) is 0 Å². The molecule has 1 aromatic heterocycles. The van der Waals surface area contributed by atoms with Crippen molar-refractivity contribution in [1.29, 1.82) is 0 Å². The highest BCUT2D eigenvalue weighted by molar-refractivity contribution is 5.09. The Labute approximate surface area is 107 Å². The SMILES string of the molecule is C[C@]1(F)[C@H](n2c(=O)cc[nH]c2=O)O[C@@H](CO)[C@@]1(C)O. The van der Waals surface area contributed by atoms with Gasteiger partial charge in [-0.05, 0) is 13.8 Å². The maximum Gasteiger partial charge on any atom is 0.330 e. The van der Waals surface area contributed by atoms with Crippen LogP contribution in [-0.4, -0.2) is 43.7 Å². The molecule has 2 rings (SSSR count). The third-order valence-electron chi connectivity index (χ3n) is 3.66. The van der Waals surface area contributed by atoms with Crippen LogP contribution in [0.4, 0.5) is 4.39 Å². The van der Waals surface area contributed by atoms with Crippen LogP contribution in [0, 0.1) is 0 Å². The average Bonchev–Trinajstić information content (AvgIpc) is 2.48.